The number of carbonyl (C=O) groups excluding carboxylic acids is 1. The number of halogens is 5. The molecule has 2 rings (SSSR count). The van der Waals surface area contributed by atoms with Gasteiger partial charge in [0.25, 0.3) is 5.87 Å². The summed E-state index contributed by atoms with van der Waals surface area (Å²) in [6, 6.07) is 4.60. The molecule has 0 atom stereocenters. The predicted octanol–water partition coefficient (Wildman–Crippen LogP) is 2.67. The van der Waals surface area contributed by atoms with Crippen LogP contribution in [0.4, 0.5) is 17.6 Å². The van der Waals surface area contributed by atoms with Gasteiger partial charge in [0.2, 0.25) is 7.85 Å². The fourth-order valence-electron chi connectivity index (χ4n) is 2.11. The molecule has 13 heteroatoms. The number of methoxy groups -OCH3 is 1. The van der Waals surface area contributed by atoms with Gasteiger partial charge in [0.1, 0.15) is 22.9 Å². The fourth-order valence-corrected chi connectivity index (χ4v) is 2.52. The molecular formula is C16H12BBrF4O7. The molecule has 0 aromatic heterocycles. The van der Waals surface area contributed by atoms with E-state index in [2.05, 4.69) is 25.4 Å². The van der Waals surface area contributed by atoms with E-state index in [0.717, 1.165) is 33.2 Å². The van der Waals surface area contributed by atoms with Crippen molar-refractivity contribution in [2.24, 2.45) is 0 Å². The number of carbonyl (C=O) groups is 1. The first-order valence-electron chi connectivity index (χ1n) is 7.58. The lowest BCUT2D eigenvalue weighted by Gasteiger charge is -2.22. The van der Waals surface area contributed by atoms with E-state index in [1.165, 1.54) is 6.07 Å². The van der Waals surface area contributed by atoms with Gasteiger partial charge in [-0.3, -0.25) is 0 Å². The first-order valence-corrected chi connectivity index (χ1v) is 8.37. The molecule has 0 radical (unpaired) electrons. The van der Waals surface area contributed by atoms with Crippen molar-refractivity contribution in [1.29, 1.82) is 0 Å². The second kappa shape index (κ2) is 8.47. The topological polar surface area (TPSA) is 94.5 Å². The summed E-state index contributed by atoms with van der Waals surface area (Å²) >= 11 is 3.02. The molecule has 0 amide bonds. The highest BCUT2D eigenvalue weighted by molar-refractivity contribution is 9.10. The Kier molecular flexibility index (Phi) is 6.65. The van der Waals surface area contributed by atoms with Crippen molar-refractivity contribution >= 4 is 29.7 Å². The molecule has 0 heterocycles. The van der Waals surface area contributed by atoms with Crippen molar-refractivity contribution in [3.63, 3.8) is 0 Å². The zero-order valence-electron chi connectivity index (χ0n) is 14.7. The van der Waals surface area contributed by atoms with Crippen LogP contribution in [0.15, 0.2) is 34.8 Å². The minimum atomic E-state index is -5.02. The van der Waals surface area contributed by atoms with Gasteiger partial charge < -0.3 is 29.2 Å². The molecule has 0 spiro atoms. The zero-order chi connectivity index (χ0) is 22.0. The summed E-state index contributed by atoms with van der Waals surface area (Å²) in [6.45, 7) is 0. The van der Waals surface area contributed by atoms with Crippen LogP contribution in [0.3, 0.4) is 0 Å². The minimum absolute atomic E-state index is 0.173. The molecule has 0 aliphatic heterocycles. The molecule has 156 valence electrons. The number of hydrogen-bond donors (Lipinski definition) is 2. The Morgan fingerprint density at radius 3 is 2.28 bits per heavy atom. The van der Waals surface area contributed by atoms with Gasteiger partial charge in [-0.25, -0.2) is 9.18 Å². The van der Waals surface area contributed by atoms with Crippen LogP contribution >= 0.6 is 15.9 Å². The third kappa shape index (κ3) is 6.51. The molecule has 0 saturated carbocycles. The minimum Gasteiger partial charge on any atom is -0.465 e. The highest BCUT2D eigenvalue weighted by Crippen LogP contribution is 2.39. The highest BCUT2D eigenvalue weighted by atomic mass is 79.9. The van der Waals surface area contributed by atoms with Crippen LogP contribution in [-0.2, 0) is 4.74 Å². The molecule has 0 saturated heterocycles. The quantitative estimate of drug-likeness (QED) is 0.283. The predicted molar refractivity (Wildman–Crippen MR) is 95.0 cm³/mol. The first kappa shape index (κ1) is 22.8. The van der Waals surface area contributed by atoms with Gasteiger partial charge >= 0.3 is 12.3 Å². The van der Waals surface area contributed by atoms with Crippen molar-refractivity contribution in [2.45, 2.75) is 12.2 Å². The van der Waals surface area contributed by atoms with Gasteiger partial charge in [0, 0.05) is 10.5 Å². The van der Waals surface area contributed by atoms with E-state index in [1.807, 2.05) is 0 Å². The van der Waals surface area contributed by atoms with Crippen molar-refractivity contribution in [2.75, 3.05) is 7.11 Å². The van der Waals surface area contributed by atoms with Crippen molar-refractivity contribution in [3.05, 3.63) is 46.2 Å². The largest absolute Gasteiger partial charge is 0.573 e. The number of ether oxygens (including phenoxy) is 4. The lowest BCUT2D eigenvalue weighted by atomic mass is 10.1. The van der Waals surface area contributed by atoms with Crippen molar-refractivity contribution < 1.29 is 51.5 Å². The fraction of sp³-hybridized carbons (Fsp3) is 0.188. The molecule has 0 aliphatic rings. The SMILES string of the molecule is BC(O)(O)Oc1cc(OC(F)(F)F)ccc1Oc1cc(Br)cc(F)c1C(=O)OC. The summed E-state index contributed by atoms with van der Waals surface area (Å²) in [5.74, 6) is -7.00. The van der Waals surface area contributed by atoms with Crippen LogP contribution < -0.4 is 14.2 Å². The number of hydrogen-bond acceptors (Lipinski definition) is 7. The summed E-state index contributed by atoms with van der Waals surface area (Å²) in [6.07, 6.45) is -5.02. The number of rotatable bonds is 6. The van der Waals surface area contributed by atoms with Crippen LogP contribution in [-0.4, -0.2) is 43.4 Å². The van der Waals surface area contributed by atoms with E-state index in [1.54, 1.807) is 0 Å². The standard InChI is InChI=1S/C16H12BBrF4O7/c1-26-14(23)13-9(19)4-7(18)5-12(13)27-10-3-2-8(28-16(20,21)22)6-11(10)29-15(17,24)25/h2-6,24-25H,17H2,1H3. The molecule has 0 aliphatic carbocycles. The number of esters is 1. The number of benzene rings is 2. The van der Waals surface area contributed by atoms with E-state index < -0.39 is 41.1 Å². The van der Waals surface area contributed by atoms with Gasteiger partial charge in [0.05, 0.1) is 7.11 Å². The van der Waals surface area contributed by atoms with Gasteiger partial charge in [-0.15, -0.1) is 13.2 Å². The monoisotopic (exact) mass is 482 g/mol. The maximum atomic E-state index is 14.2. The van der Waals surface area contributed by atoms with Crippen molar-refractivity contribution in [1.82, 2.24) is 0 Å². The highest BCUT2D eigenvalue weighted by Gasteiger charge is 2.32. The molecule has 2 N–H and O–H groups in total. The molecular weight excluding hydrogens is 471 g/mol. The molecule has 0 bridgehead atoms. The summed E-state index contributed by atoms with van der Waals surface area (Å²) in [5, 5.41) is 18.9. The van der Waals surface area contributed by atoms with Crippen LogP contribution in [0.25, 0.3) is 0 Å². The average molecular weight is 483 g/mol. The van der Waals surface area contributed by atoms with Crippen LogP contribution in [0.1, 0.15) is 10.4 Å². The maximum absolute atomic E-state index is 14.2. The lowest BCUT2D eigenvalue weighted by Crippen LogP contribution is -2.35. The lowest BCUT2D eigenvalue weighted by molar-refractivity contribution is -0.274. The Balaban J connectivity index is 2.53. The van der Waals surface area contributed by atoms with E-state index in [9.17, 15) is 32.6 Å². The van der Waals surface area contributed by atoms with Gasteiger partial charge in [-0.1, -0.05) is 15.9 Å². The van der Waals surface area contributed by atoms with Crippen LogP contribution in [0.5, 0.6) is 23.0 Å². The van der Waals surface area contributed by atoms with E-state index in [0.29, 0.717) is 6.07 Å². The zero-order valence-corrected chi connectivity index (χ0v) is 16.3. The second-order valence-electron chi connectivity index (χ2n) is 5.55. The molecule has 2 aromatic rings. The summed E-state index contributed by atoms with van der Waals surface area (Å²) < 4.78 is 70.1. The Bertz CT molecular complexity index is 915. The Hall–Kier alpha value is -2.51. The Labute approximate surface area is 170 Å². The first-order chi connectivity index (χ1) is 13.3. The van der Waals surface area contributed by atoms with E-state index in [-0.39, 0.29) is 16.0 Å². The van der Waals surface area contributed by atoms with E-state index >= 15 is 0 Å². The number of aliphatic hydroxyl groups is 2. The normalized spacial score (nSPS) is 11.7. The number of alkyl halides is 3. The molecule has 29 heavy (non-hydrogen) atoms. The third-order valence-electron chi connectivity index (χ3n) is 3.08. The van der Waals surface area contributed by atoms with E-state index in [4.69, 9.17) is 9.47 Å². The smallest absolute Gasteiger partial charge is 0.465 e. The molecule has 0 fully saturated rings. The summed E-state index contributed by atoms with van der Waals surface area (Å²) in [5.41, 5.74) is -0.604. The van der Waals surface area contributed by atoms with Crippen LogP contribution in [0.2, 0.25) is 0 Å². The van der Waals surface area contributed by atoms with Gasteiger partial charge in [-0.05, 0) is 24.3 Å². The molecule has 0 unspecified atom stereocenters. The van der Waals surface area contributed by atoms with Crippen LogP contribution in [0, 0.1) is 5.82 Å². The summed E-state index contributed by atoms with van der Waals surface area (Å²) in [7, 11) is 1.79. The third-order valence-corrected chi connectivity index (χ3v) is 3.54. The average Bonchev–Trinajstić information content (AvgIpc) is 2.53. The Morgan fingerprint density at radius 2 is 1.72 bits per heavy atom. The Morgan fingerprint density at radius 1 is 1.07 bits per heavy atom. The summed E-state index contributed by atoms with van der Waals surface area (Å²) in [4.78, 5) is 11.9. The maximum Gasteiger partial charge on any atom is 0.573 e. The van der Waals surface area contributed by atoms with Gasteiger partial charge in [-0.2, -0.15) is 0 Å². The van der Waals surface area contributed by atoms with Crippen molar-refractivity contribution in [3.8, 4) is 23.0 Å². The molecule has 2 aromatic carbocycles. The molecule has 7 nitrogen and oxygen atoms in total. The van der Waals surface area contributed by atoms with Gasteiger partial charge in [0.15, 0.2) is 11.5 Å². The second-order valence-corrected chi connectivity index (χ2v) is 6.46.